The molecule has 4 N–H and O–H groups in total. The minimum Gasteiger partial charge on any atom is -0.479 e. The van der Waals surface area contributed by atoms with E-state index in [1.54, 1.807) is 10.9 Å². The second-order valence-corrected chi connectivity index (χ2v) is 9.93. The molecule has 2 aromatic heterocycles. The van der Waals surface area contributed by atoms with Crippen molar-refractivity contribution in [1.29, 1.82) is 0 Å². The predicted octanol–water partition coefficient (Wildman–Crippen LogP) is -0.265. The Morgan fingerprint density at radius 1 is 1.52 bits per heavy atom. The van der Waals surface area contributed by atoms with Crippen molar-refractivity contribution < 1.29 is 24.3 Å². The van der Waals surface area contributed by atoms with Crippen LogP contribution in [0.5, 0.6) is 0 Å². The van der Waals surface area contributed by atoms with Gasteiger partial charge in [-0.3, -0.25) is 14.5 Å². The highest BCUT2D eigenvalue weighted by molar-refractivity contribution is 8.02. The summed E-state index contributed by atoms with van der Waals surface area (Å²) in [6.45, 7) is 0. The molecular weight excluding hydrogens is 492 g/mol. The number of oxime groups is 1. The number of carbonyl (C=O) groups is 3. The molecule has 0 aromatic carbocycles. The van der Waals surface area contributed by atoms with Crippen LogP contribution in [0.25, 0.3) is 0 Å². The summed E-state index contributed by atoms with van der Waals surface area (Å²) in [6.07, 6.45) is 3.11. The van der Waals surface area contributed by atoms with Crippen molar-refractivity contribution in [2.45, 2.75) is 16.1 Å². The Labute approximate surface area is 199 Å². The van der Waals surface area contributed by atoms with E-state index in [4.69, 9.17) is 10.6 Å². The zero-order valence-corrected chi connectivity index (χ0v) is 19.7. The first-order chi connectivity index (χ1) is 15.8. The molecule has 0 aliphatic carbocycles. The minimum atomic E-state index is -1.66. The molecule has 2 amide bonds. The van der Waals surface area contributed by atoms with Crippen LogP contribution in [0.2, 0.25) is 0 Å². The number of amides is 2. The van der Waals surface area contributed by atoms with Gasteiger partial charge < -0.3 is 25.6 Å². The summed E-state index contributed by atoms with van der Waals surface area (Å²) >= 11 is 3.58. The maximum atomic E-state index is 12.9. The molecule has 2 unspecified atom stereocenters. The van der Waals surface area contributed by atoms with Gasteiger partial charge in [0.05, 0.1) is 0 Å². The summed E-state index contributed by atoms with van der Waals surface area (Å²) in [7, 11) is 3.06. The Morgan fingerprint density at radius 3 is 2.91 bits per heavy atom. The van der Waals surface area contributed by atoms with Crippen LogP contribution < -0.4 is 11.1 Å². The number of aliphatic carboxylic acids is 1. The number of fused-ring (bicyclic) bond motifs is 1. The summed E-state index contributed by atoms with van der Waals surface area (Å²) in [5.41, 5.74) is 6.41. The maximum absolute atomic E-state index is 12.9. The van der Waals surface area contributed by atoms with Gasteiger partial charge in [-0.1, -0.05) is 16.9 Å². The number of thioether (sulfide) groups is 2. The van der Waals surface area contributed by atoms with E-state index in [9.17, 15) is 19.5 Å². The third-order valence-electron chi connectivity index (χ3n) is 4.82. The average Bonchev–Trinajstić information content (AvgIpc) is 3.41. The van der Waals surface area contributed by atoms with E-state index in [2.05, 4.69) is 25.7 Å². The summed E-state index contributed by atoms with van der Waals surface area (Å²) < 4.78 is 1.76. The Balaban J connectivity index is 1.51. The number of aromatic nitrogens is 4. The van der Waals surface area contributed by atoms with Gasteiger partial charge in [-0.05, 0) is 5.57 Å². The van der Waals surface area contributed by atoms with Crippen molar-refractivity contribution in [3.05, 3.63) is 29.2 Å². The molecule has 13 nitrogen and oxygen atoms in total. The van der Waals surface area contributed by atoms with Crippen LogP contribution in [-0.2, 0) is 26.3 Å². The van der Waals surface area contributed by atoms with Gasteiger partial charge >= 0.3 is 5.97 Å². The van der Waals surface area contributed by atoms with Crippen molar-refractivity contribution >= 4 is 63.5 Å². The number of nitrogens with one attached hydrogen (secondary N) is 1. The summed E-state index contributed by atoms with van der Waals surface area (Å²) in [5, 5.41) is 26.4. The van der Waals surface area contributed by atoms with Crippen molar-refractivity contribution in [3.8, 4) is 0 Å². The number of carboxylic acid groups (broad SMARTS) is 1. The van der Waals surface area contributed by atoms with Gasteiger partial charge in [0.2, 0.25) is 4.87 Å². The number of hydrogen-bond donors (Lipinski definition) is 3. The van der Waals surface area contributed by atoms with Crippen LogP contribution in [0, 0.1) is 0 Å². The SMILES string of the molecule is CON=C(C(=O)NC1C(=O)N2C=C(CSc3nncn3C)CSC12C(=O)O)c1csc(N)n1. The lowest BCUT2D eigenvalue weighted by Gasteiger charge is -2.54. The monoisotopic (exact) mass is 510 g/mol. The van der Waals surface area contributed by atoms with Crippen LogP contribution in [0.15, 0.2) is 33.8 Å². The van der Waals surface area contributed by atoms with E-state index in [0.717, 1.165) is 33.6 Å². The zero-order valence-electron chi connectivity index (χ0n) is 17.3. The lowest BCUT2D eigenvalue weighted by atomic mass is 9.93. The molecule has 2 aromatic rings. The van der Waals surface area contributed by atoms with Gasteiger partial charge in [0.25, 0.3) is 11.8 Å². The Kier molecular flexibility index (Phi) is 6.31. The molecule has 4 heterocycles. The molecule has 0 spiro atoms. The van der Waals surface area contributed by atoms with Gasteiger partial charge in [0.15, 0.2) is 22.0 Å². The number of aryl methyl sites for hydroxylation is 1. The van der Waals surface area contributed by atoms with E-state index in [1.807, 2.05) is 7.05 Å². The number of β-lactam (4-membered cyclic amide) rings is 1. The highest BCUT2D eigenvalue weighted by Gasteiger charge is 2.67. The van der Waals surface area contributed by atoms with Gasteiger partial charge in [0.1, 0.15) is 19.1 Å². The van der Waals surface area contributed by atoms with E-state index >= 15 is 0 Å². The molecule has 1 fully saturated rings. The Bertz CT molecular complexity index is 1180. The smallest absolute Gasteiger partial charge is 0.343 e. The topological polar surface area (TPSA) is 178 Å². The highest BCUT2D eigenvalue weighted by Crippen LogP contribution is 2.47. The van der Waals surface area contributed by atoms with Crippen molar-refractivity contribution in [2.75, 3.05) is 24.3 Å². The molecule has 2 atom stereocenters. The first kappa shape index (κ1) is 23.1. The Morgan fingerprint density at radius 2 is 2.30 bits per heavy atom. The predicted molar refractivity (Wildman–Crippen MR) is 121 cm³/mol. The molecule has 1 saturated heterocycles. The number of anilines is 1. The number of nitrogens with zero attached hydrogens (tertiary/aromatic N) is 6. The van der Waals surface area contributed by atoms with Crippen LogP contribution >= 0.6 is 34.9 Å². The lowest BCUT2D eigenvalue weighted by Crippen LogP contribution is -2.80. The zero-order chi connectivity index (χ0) is 23.8. The van der Waals surface area contributed by atoms with Gasteiger partial charge in [-0.2, -0.15) is 0 Å². The normalized spacial score (nSPS) is 22.3. The highest BCUT2D eigenvalue weighted by atomic mass is 32.2. The fourth-order valence-electron chi connectivity index (χ4n) is 3.26. The van der Waals surface area contributed by atoms with Crippen molar-refractivity contribution in [2.24, 2.45) is 12.2 Å². The molecule has 4 rings (SSSR count). The molecule has 0 bridgehead atoms. The lowest BCUT2D eigenvalue weighted by molar-refractivity contribution is -0.166. The van der Waals surface area contributed by atoms with Gasteiger partial charge in [-0.15, -0.1) is 33.3 Å². The Hall–Kier alpha value is -3.11. The third-order valence-corrected chi connectivity index (χ3v) is 8.20. The number of rotatable bonds is 8. The van der Waals surface area contributed by atoms with Crippen molar-refractivity contribution in [3.63, 3.8) is 0 Å². The summed E-state index contributed by atoms with van der Waals surface area (Å²) in [4.78, 5) is 46.1. The molecule has 174 valence electrons. The number of hydrogen-bond acceptors (Lipinski definition) is 12. The molecule has 2 aliphatic heterocycles. The first-order valence-electron chi connectivity index (χ1n) is 9.28. The third kappa shape index (κ3) is 4.04. The van der Waals surface area contributed by atoms with E-state index in [1.165, 1.54) is 30.5 Å². The second kappa shape index (κ2) is 9.03. The molecule has 33 heavy (non-hydrogen) atoms. The molecule has 0 radical (unpaired) electrons. The average molecular weight is 511 g/mol. The van der Waals surface area contributed by atoms with E-state index in [-0.39, 0.29) is 16.5 Å². The van der Waals surface area contributed by atoms with Gasteiger partial charge in [-0.25, -0.2) is 9.78 Å². The fourth-order valence-corrected chi connectivity index (χ4v) is 6.09. The van der Waals surface area contributed by atoms with E-state index < -0.39 is 28.7 Å². The van der Waals surface area contributed by atoms with Gasteiger partial charge in [0, 0.05) is 30.1 Å². The number of thiazole rings is 1. The summed E-state index contributed by atoms with van der Waals surface area (Å²) in [6, 6.07) is -1.30. The largest absolute Gasteiger partial charge is 0.479 e. The van der Waals surface area contributed by atoms with Crippen LogP contribution in [0.1, 0.15) is 5.69 Å². The maximum Gasteiger partial charge on any atom is 0.343 e. The standard InChI is InChI=1S/C17H18N8O5S3/c1-24-7-19-22-16(24)32-4-8-3-25-13(27)11(17(25,14(28)29)33-5-8)21-12(26)10(23-30-2)9-6-31-15(18)20-9/h3,6-7,11H,4-5H2,1-2H3,(H2,18,20)(H,21,26)(H,28,29). The first-order valence-corrected chi connectivity index (χ1v) is 12.1. The second-order valence-electron chi connectivity index (χ2n) is 6.90. The number of nitrogens with two attached hydrogens (primary N) is 1. The minimum absolute atomic E-state index is 0.157. The van der Waals surface area contributed by atoms with Crippen molar-refractivity contribution in [1.82, 2.24) is 30.0 Å². The van der Waals surface area contributed by atoms with E-state index in [0.29, 0.717) is 16.7 Å². The number of carboxylic acids is 1. The van der Waals surface area contributed by atoms with Crippen LogP contribution in [-0.4, -0.2) is 82.8 Å². The number of nitrogen functional groups attached to an aromatic ring is 1. The molecule has 0 saturated carbocycles. The quantitative estimate of drug-likeness (QED) is 0.184. The molecule has 2 aliphatic rings. The fraction of sp³-hybridized carbons (Fsp3) is 0.353. The molecule has 16 heteroatoms. The molecular formula is C17H18N8O5S3. The van der Waals surface area contributed by atoms with Crippen LogP contribution in [0.3, 0.4) is 0 Å². The number of carbonyl (C=O) groups excluding carboxylic acids is 2. The van der Waals surface area contributed by atoms with Crippen LogP contribution in [0.4, 0.5) is 5.13 Å². The summed E-state index contributed by atoms with van der Waals surface area (Å²) in [5.74, 6) is -1.72.